The smallest absolute Gasteiger partial charge is 0.233 e. The summed E-state index contributed by atoms with van der Waals surface area (Å²) in [6.07, 6.45) is 18.0. The molecule has 2 saturated carbocycles. The Balaban J connectivity index is 1.31. The monoisotopic (exact) mass is 395 g/mol. The Hall–Kier alpha value is -1.30. The maximum atomic E-state index is 12.1. The maximum absolute atomic E-state index is 12.1. The molecule has 4 N–H and O–H groups in total. The van der Waals surface area contributed by atoms with Crippen molar-refractivity contribution in [3.05, 3.63) is 0 Å². The van der Waals surface area contributed by atoms with Crippen molar-refractivity contribution in [2.45, 2.75) is 96.3 Å². The third-order valence-electron chi connectivity index (χ3n) is 6.36. The average molecular weight is 396 g/mol. The van der Waals surface area contributed by atoms with Gasteiger partial charge in [-0.1, -0.05) is 62.9 Å². The van der Waals surface area contributed by atoms with Crippen LogP contribution in [0, 0.1) is 11.3 Å². The molecular formula is C22H41N3O3. The van der Waals surface area contributed by atoms with Crippen LogP contribution in [0.15, 0.2) is 5.16 Å². The van der Waals surface area contributed by atoms with Crippen molar-refractivity contribution in [1.82, 2.24) is 5.32 Å². The molecule has 0 spiro atoms. The van der Waals surface area contributed by atoms with Gasteiger partial charge in [0.1, 0.15) is 5.41 Å². The number of ether oxygens (including phenoxy) is 1. The number of nitrogens with one attached hydrogen (secondary N) is 1. The van der Waals surface area contributed by atoms with E-state index < -0.39 is 5.41 Å². The zero-order chi connectivity index (χ0) is 20.1. The van der Waals surface area contributed by atoms with Gasteiger partial charge in [0.2, 0.25) is 5.91 Å². The molecule has 0 aromatic carbocycles. The van der Waals surface area contributed by atoms with Crippen LogP contribution in [0.2, 0.25) is 0 Å². The molecule has 6 nitrogen and oxygen atoms in total. The van der Waals surface area contributed by atoms with E-state index in [0.717, 1.165) is 32.0 Å². The standard InChI is InChI=1S/C22H41N3O3/c23-20(25-27)22(14-15-22)21(26)24-16-10-5-3-1-2-4-6-11-17-28-18-19-12-8-7-9-13-19/h19,27H,1-18H2,(H2,23,25)(H,24,26). The van der Waals surface area contributed by atoms with E-state index >= 15 is 0 Å². The summed E-state index contributed by atoms with van der Waals surface area (Å²) in [7, 11) is 0. The number of amides is 1. The van der Waals surface area contributed by atoms with Crippen molar-refractivity contribution in [2.75, 3.05) is 19.8 Å². The van der Waals surface area contributed by atoms with Crippen molar-refractivity contribution in [3.8, 4) is 0 Å². The zero-order valence-corrected chi connectivity index (χ0v) is 17.6. The number of rotatable bonds is 15. The first kappa shape index (κ1) is 23.0. The third kappa shape index (κ3) is 7.98. The first-order valence-electron chi connectivity index (χ1n) is 11.5. The Kier molecular flexibility index (Phi) is 10.7. The molecule has 162 valence electrons. The Bertz CT molecular complexity index is 472. The van der Waals surface area contributed by atoms with Crippen molar-refractivity contribution >= 4 is 11.7 Å². The molecule has 0 bridgehead atoms. The normalized spacial score (nSPS) is 19.5. The second-order valence-corrected chi connectivity index (χ2v) is 8.73. The summed E-state index contributed by atoms with van der Waals surface area (Å²) in [5.74, 6) is 0.784. The van der Waals surface area contributed by atoms with Crippen molar-refractivity contribution in [1.29, 1.82) is 0 Å². The lowest BCUT2D eigenvalue weighted by Gasteiger charge is -2.21. The number of nitrogens with two attached hydrogens (primary N) is 1. The number of carbonyl (C=O) groups excluding carboxylic acids is 1. The Morgan fingerprint density at radius 1 is 1.00 bits per heavy atom. The average Bonchev–Trinajstić information content (AvgIpc) is 3.53. The predicted molar refractivity (Wildman–Crippen MR) is 112 cm³/mol. The summed E-state index contributed by atoms with van der Waals surface area (Å²) in [4.78, 5) is 12.1. The molecule has 0 heterocycles. The molecule has 0 aromatic rings. The molecule has 0 radical (unpaired) electrons. The minimum Gasteiger partial charge on any atom is -0.409 e. The van der Waals surface area contributed by atoms with Crippen LogP contribution in [0.5, 0.6) is 0 Å². The first-order valence-corrected chi connectivity index (χ1v) is 11.5. The first-order chi connectivity index (χ1) is 13.7. The van der Waals surface area contributed by atoms with Crippen molar-refractivity contribution < 1.29 is 14.7 Å². The zero-order valence-electron chi connectivity index (χ0n) is 17.6. The quantitative estimate of drug-likeness (QED) is 0.126. The lowest BCUT2D eigenvalue weighted by atomic mass is 9.90. The number of hydrogen-bond donors (Lipinski definition) is 3. The van der Waals surface area contributed by atoms with E-state index in [2.05, 4.69) is 10.5 Å². The molecule has 6 heteroatoms. The number of amidine groups is 1. The van der Waals surface area contributed by atoms with Gasteiger partial charge < -0.3 is 21.0 Å². The number of oxime groups is 1. The third-order valence-corrected chi connectivity index (χ3v) is 6.36. The molecular weight excluding hydrogens is 354 g/mol. The Labute approximate surface area is 170 Å². The van der Waals surface area contributed by atoms with Gasteiger partial charge in [-0.15, -0.1) is 0 Å². The number of unbranched alkanes of at least 4 members (excludes halogenated alkanes) is 7. The fourth-order valence-corrected chi connectivity index (χ4v) is 4.18. The maximum Gasteiger partial charge on any atom is 0.233 e. The van der Waals surface area contributed by atoms with Gasteiger partial charge in [-0.3, -0.25) is 4.79 Å². The van der Waals surface area contributed by atoms with E-state index in [1.165, 1.54) is 70.6 Å². The van der Waals surface area contributed by atoms with Gasteiger partial charge in [0.05, 0.1) is 0 Å². The van der Waals surface area contributed by atoms with Crippen molar-refractivity contribution in [2.24, 2.45) is 22.2 Å². The van der Waals surface area contributed by atoms with Gasteiger partial charge in [-0.05, 0) is 44.4 Å². The second kappa shape index (κ2) is 13.0. The summed E-state index contributed by atoms with van der Waals surface area (Å²) >= 11 is 0. The molecule has 1 amide bonds. The fourth-order valence-electron chi connectivity index (χ4n) is 4.18. The lowest BCUT2D eigenvalue weighted by Crippen LogP contribution is -2.41. The Morgan fingerprint density at radius 2 is 1.61 bits per heavy atom. The lowest BCUT2D eigenvalue weighted by molar-refractivity contribution is -0.124. The number of carbonyl (C=O) groups is 1. The number of nitrogens with zero attached hydrogens (tertiary/aromatic N) is 1. The summed E-state index contributed by atoms with van der Waals surface area (Å²) in [5, 5.41) is 14.7. The highest BCUT2D eigenvalue weighted by Crippen LogP contribution is 2.46. The molecule has 2 rings (SSSR count). The van der Waals surface area contributed by atoms with E-state index in [-0.39, 0.29) is 11.7 Å². The van der Waals surface area contributed by atoms with Crippen LogP contribution in [0.25, 0.3) is 0 Å². The molecule has 2 aliphatic carbocycles. The molecule has 0 aliphatic heterocycles. The van der Waals surface area contributed by atoms with Gasteiger partial charge in [0, 0.05) is 19.8 Å². The van der Waals surface area contributed by atoms with Crippen LogP contribution < -0.4 is 11.1 Å². The van der Waals surface area contributed by atoms with E-state index in [1.54, 1.807) is 0 Å². The highest BCUT2D eigenvalue weighted by atomic mass is 16.5. The van der Waals surface area contributed by atoms with Crippen LogP contribution in [-0.2, 0) is 9.53 Å². The second-order valence-electron chi connectivity index (χ2n) is 8.73. The van der Waals surface area contributed by atoms with Crippen LogP contribution >= 0.6 is 0 Å². The highest BCUT2D eigenvalue weighted by molar-refractivity contribution is 6.09. The summed E-state index contributed by atoms with van der Waals surface area (Å²) in [6, 6.07) is 0. The molecule has 0 saturated heterocycles. The minimum absolute atomic E-state index is 0.0457. The van der Waals surface area contributed by atoms with E-state index in [4.69, 9.17) is 15.7 Å². The van der Waals surface area contributed by atoms with Gasteiger partial charge in [0.25, 0.3) is 0 Å². The SMILES string of the molecule is N/C(=N\O)C1(C(=O)NCCCCCCCCCCOCC2CCCCC2)CC1. The molecule has 0 unspecified atom stereocenters. The fraction of sp³-hybridized carbons (Fsp3) is 0.909. The molecule has 2 fully saturated rings. The molecule has 2 aliphatic rings. The van der Waals surface area contributed by atoms with Gasteiger partial charge >= 0.3 is 0 Å². The topological polar surface area (TPSA) is 96.9 Å². The van der Waals surface area contributed by atoms with Crippen LogP contribution in [0.3, 0.4) is 0 Å². The summed E-state index contributed by atoms with van der Waals surface area (Å²) in [5.41, 5.74) is 4.89. The van der Waals surface area contributed by atoms with E-state index in [0.29, 0.717) is 19.4 Å². The predicted octanol–water partition coefficient (Wildman–Crippen LogP) is 4.35. The molecule has 28 heavy (non-hydrogen) atoms. The van der Waals surface area contributed by atoms with E-state index in [1.807, 2.05) is 0 Å². The van der Waals surface area contributed by atoms with Gasteiger partial charge in [-0.2, -0.15) is 0 Å². The van der Waals surface area contributed by atoms with Crippen LogP contribution in [-0.4, -0.2) is 36.7 Å². The van der Waals surface area contributed by atoms with Gasteiger partial charge in [0.15, 0.2) is 5.84 Å². The van der Waals surface area contributed by atoms with Crippen molar-refractivity contribution in [3.63, 3.8) is 0 Å². The Morgan fingerprint density at radius 3 is 2.21 bits per heavy atom. The van der Waals surface area contributed by atoms with Crippen LogP contribution in [0.4, 0.5) is 0 Å². The summed E-state index contributed by atoms with van der Waals surface area (Å²) < 4.78 is 5.85. The summed E-state index contributed by atoms with van der Waals surface area (Å²) in [6.45, 7) is 2.60. The minimum atomic E-state index is -0.727. The largest absolute Gasteiger partial charge is 0.409 e. The molecule has 0 aromatic heterocycles. The van der Waals surface area contributed by atoms with Gasteiger partial charge in [-0.25, -0.2) is 0 Å². The highest BCUT2D eigenvalue weighted by Gasteiger charge is 2.54. The van der Waals surface area contributed by atoms with E-state index in [9.17, 15) is 4.79 Å². The number of hydrogen-bond acceptors (Lipinski definition) is 4. The molecule has 0 atom stereocenters. The van der Waals surface area contributed by atoms with Crippen LogP contribution in [0.1, 0.15) is 96.3 Å².